The Morgan fingerprint density at radius 2 is 1.69 bits per heavy atom. The van der Waals surface area contributed by atoms with E-state index in [1.807, 2.05) is 32.9 Å². The van der Waals surface area contributed by atoms with Gasteiger partial charge in [-0.05, 0) is 78.8 Å². The van der Waals surface area contributed by atoms with Crippen LogP contribution < -0.4 is 9.80 Å². The Bertz CT molecular complexity index is 1380. The molecule has 36 heavy (non-hydrogen) atoms. The van der Waals surface area contributed by atoms with Crippen molar-refractivity contribution in [3.63, 3.8) is 0 Å². The molecular weight excluding hydrogens is 458 g/mol. The molecule has 0 aliphatic carbocycles. The zero-order valence-electron chi connectivity index (χ0n) is 21.7. The molecule has 0 unspecified atom stereocenters. The Morgan fingerprint density at radius 1 is 1.00 bits per heavy atom. The van der Waals surface area contributed by atoms with Crippen LogP contribution in [-0.2, 0) is 25.8 Å². The zero-order valence-corrected chi connectivity index (χ0v) is 21.7. The van der Waals surface area contributed by atoms with Crippen molar-refractivity contribution in [2.75, 3.05) is 12.2 Å². The van der Waals surface area contributed by atoms with Crippen LogP contribution in [0.1, 0.15) is 53.3 Å². The maximum absolute atomic E-state index is 13.1. The van der Waals surface area contributed by atoms with E-state index in [2.05, 4.69) is 31.2 Å². The highest BCUT2D eigenvalue weighted by Gasteiger charge is 2.45. The summed E-state index contributed by atoms with van der Waals surface area (Å²) >= 11 is 0. The van der Waals surface area contributed by atoms with Crippen LogP contribution in [0, 0.1) is 27.7 Å². The third-order valence-electron chi connectivity index (χ3n) is 7.12. The van der Waals surface area contributed by atoms with Crippen LogP contribution >= 0.6 is 0 Å². The number of nitrogens with zero attached hydrogens (tertiary/aromatic N) is 1. The van der Waals surface area contributed by atoms with Gasteiger partial charge in [0.25, 0.3) is 0 Å². The molecule has 5 rings (SSSR count). The van der Waals surface area contributed by atoms with E-state index in [9.17, 15) is 10.1 Å². The highest BCUT2D eigenvalue weighted by Crippen LogP contribution is 2.53. The van der Waals surface area contributed by atoms with Gasteiger partial charge in [-0.1, -0.05) is 29.8 Å². The highest BCUT2D eigenvalue weighted by molar-refractivity contribution is 5.97. The number of carbonyl (C=O) groups is 1. The first kappa shape index (κ1) is 24.3. The number of hydroxylamine groups is 1. The summed E-state index contributed by atoms with van der Waals surface area (Å²) in [5, 5.41) is 11.4. The second kappa shape index (κ2) is 8.62. The van der Waals surface area contributed by atoms with E-state index in [0.29, 0.717) is 17.8 Å². The lowest BCUT2D eigenvalue weighted by atomic mass is 9.79. The average molecular weight is 490 g/mol. The summed E-state index contributed by atoms with van der Waals surface area (Å²) < 4.78 is 17.2. The third kappa shape index (κ3) is 3.75. The molecule has 3 aromatic rings. The van der Waals surface area contributed by atoms with E-state index in [1.54, 1.807) is 21.0 Å². The molecule has 2 heterocycles. The van der Waals surface area contributed by atoms with Crippen LogP contribution in [0.15, 0.2) is 36.4 Å². The number of esters is 1. The molecule has 0 radical (unpaired) electrons. The fraction of sp³-hybridized carbons (Fsp3) is 0.345. The van der Waals surface area contributed by atoms with Gasteiger partial charge in [-0.15, -0.1) is 4.99 Å². The molecule has 1 saturated heterocycles. The number of methoxy groups -OCH3 is 1. The lowest BCUT2D eigenvalue weighted by molar-refractivity contribution is -0.256. The SMILES string of the molecule is COc1cc(C)c2c(c1)CN(OO)c1c(C)c([C@@H]3OC(C)(C)OC3=O)c(-c3ccc(C)cc3)c(C)c1-2. The first-order valence-corrected chi connectivity index (χ1v) is 12.0. The maximum Gasteiger partial charge on any atom is 0.342 e. The third-order valence-corrected chi connectivity index (χ3v) is 7.12. The van der Waals surface area contributed by atoms with Gasteiger partial charge in [0, 0.05) is 25.0 Å². The molecule has 0 saturated carbocycles. The van der Waals surface area contributed by atoms with Crippen molar-refractivity contribution in [1.29, 1.82) is 0 Å². The average Bonchev–Trinajstić information content (AvgIpc) is 3.11. The summed E-state index contributed by atoms with van der Waals surface area (Å²) in [6.07, 6.45) is -0.917. The first-order valence-electron chi connectivity index (χ1n) is 12.0. The number of hydrogen-bond donors (Lipinski definition) is 1. The second-order valence-corrected chi connectivity index (χ2v) is 10.0. The highest BCUT2D eigenvalue weighted by atomic mass is 17.2. The summed E-state index contributed by atoms with van der Waals surface area (Å²) in [5.74, 6) is -0.749. The van der Waals surface area contributed by atoms with Crippen molar-refractivity contribution in [2.24, 2.45) is 0 Å². The van der Waals surface area contributed by atoms with Crippen LogP contribution in [-0.4, -0.2) is 24.1 Å². The molecular formula is C29H31NO6. The predicted molar refractivity (Wildman–Crippen MR) is 137 cm³/mol. The molecule has 1 fully saturated rings. The quantitative estimate of drug-likeness (QED) is 0.260. The van der Waals surface area contributed by atoms with Gasteiger partial charge in [-0.25, -0.2) is 15.1 Å². The molecule has 2 aliphatic heterocycles. The normalized spacial score (nSPS) is 18.1. The fourth-order valence-electron chi connectivity index (χ4n) is 5.60. The lowest BCUT2D eigenvalue weighted by Crippen LogP contribution is -2.29. The number of hydrogen-bond acceptors (Lipinski definition) is 7. The van der Waals surface area contributed by atoms with E-state index >= 15 is 0 Å². The summed E-state index contributed by atoms with van der Waals surface area (Å²) in [7, 11) is 1.64. The number of rotatable bonds is 4. The molecule has 3 aromatic carbocycles. The molecule has 1 atom stereocenters. The molecule has 0 aromatic heterocycles. The van der Waals surface area contributed by atoms with E-state index in [1.165, 1.54) is 5.06 Å². The molecule has 7 nitrogen and oxygen atoms in total. The van der Waals surface area contributed by atoms with Crippen LogP contribution in [0.4, 0.5) is 5.69 Å². The Hall–Kier alpha value is -3.39. The topological polar surface area (TPSA) is 77.5 Å². The van der Waals surface area contributed by atoms with E-state index < -0.39 is 17.9 Å². The Balaban J connectivity index is 1.89. The van der Waals surface area contributed by atoms with Crippen LogP contribution in [0.5, 0.6) is 5.75 Å². The van der Waals surface area contributed by atoms with E-state index in [4.69, 9.17) is 19.2 Å². The molecule has 188 valence electrons. The van der Waals surface area contributed by atoms with Crippen LogP contribution in [0.3, 0.4) is 0 Å². The monoisotopic (exact) mass is 489 g/mol. The smallest absolute Gasteiger partial charge is 0.342 e. The maximum atomic E-state index is 13.1. The number of benzene rings is 3. The first-order chi connectivity index (χ1) is 17.1. The minimum atomic E-state index is -1.05. The number of carbonyl (C=O) groups excluding carboxylic acids is 1. The van der Waals surface area contributed by atoms with Crippen molar-refractivity contribution in [3.05, 3.63) is 69.8 Å². The Labute approximate surface area is 211 Å². The number of cyclic esters (lactones) is 1. The van der Waals surface area contributed by atoms with E-state index in [0.717, 1.165) is 55.8 Å². The minimum Gasteiger partial charge on any atom is -0.497 e. The largest absolute Gasteiger partial charge is 0.497 e. The number of aryl methyl sites for hydroxylation is 2. The Kier molecular flexibility index (Phi) is 5.82. The van der Waals surface area contributed by atoms with Crippen molar-refractivity contribution < 1.29 is 29.3 Å². The van der Waals surface area contributed by atoms with Crippen molar-refractivity contribution in [1.82, 2.24) is 0 Å². The zero-order chi connectivity index (χ0) is 25.9. The van der Waals surface area contributed by atoms with Gasteiger partial charge in [0.05, 0.1) is 19.3 Å². The molecule has 0 bridgehead atoms. The molecule has 0 amide bonds. The predicted octanol–water partition coefficient (Wildman–Crippen LogP) is 6.34. The van der Waals surface area contributed by atoms with Gasteiger partial charge in [-0.3, -0.25) is 0 Å². The molecule has 1 N–H and O–H groups in total. The molecule has 7 heteroatoms. The van der Waals surface area contributed by atoms with Gasteiger partial charge in [-0.2, -0.15) is 0 Å². The molecule has 2 aliphatic rings. The summed E-state index contributed by atoms with van der Waals surface area (Å²) in [5.41, 5.74) is 10.2. The summed E-state index contributed by atoms with van der Waals surface area (Å²) in [6, 6.07) is 12.2. The molecule has 0 spiro atoms. The van der Waals surface area contributed by atoms with Crippen molar-refractivity contribution in [3.8, 4) is 28.0 Å². The standard InChI is InChI=1S/C29H31NO6/c1-15-8-10-19(11-9-15)23-17(3)24-22-16(2)12-21(33-7)13-20(22)14-30(36-32)26(24)18(4)25(23)27-28(31)35-29(5,6)34-27/h8-13,27,32H,14H2,1-7H3/t27-/m0/s1. The summed E-state index contributed by atoms with van der Waals surface area (Å²) in [4.78, 5) is 18.0. The van der Waals surface area contributed by atoms with Gasteiger partial charge >= 0.3 is 5.97 Å². The van der Waals surface area contributed by atoms with Gasteiger partial charge in [0.15, 0.2) is 6.10 Å². The number of ether oxygens (including phenoxy) is 3. The van der Waals surface area contributed by atoms with Gasteiger partial charge < -0.3 is 14.2 Å². The number of anilines is 1. The van der Waals surface area contributed by atoms with Crippen molar-refractivity contribution in [2.45, 2.75) is 60.0 Å². The second-order valence-electron chi connectivity index (χ2n) is 10.0. The minimum absolute atomic E-state index is 0.307. The lowest BCUT2D eigenvalue weighted by Gasteiger charge is -2.35. The number of fused-ring (bicyclic) bond motifs is 3. The van der Waals surface area contributed by atoms with E-state index in [-0.39, 0.29) is 0 Å². The van der Waals surface area contributed by atoms with Gasteiger partial charge in [0.1, 0.15) is 5.75 Å². The van der Waals surface area contributed by atoms with Gasteiger partial charge in [0.2, 0.25) is 5.79 Å². The van der Waals surface area contributed by atoms with Crippen LogP contribution in [0.2, 0.25) is 0 Å². The van der Waals surface area contributed by atoms with Crippen molar-refractivity contribution >= 4 is 11.7 Å². The Morgan fingerprint density at radius 3 is 2.28 bits per heavy atom. The fourth-order valence-corrected chi connectivity index (χ4v) is 5.60. The summed E-state index contributed by atoms with van der Waals surface area (Å²) in [6.45, 7) is 11.8. The van der Waals surface area contributed by atoms with Crippen LogP contribution in [0.25, 0.3) is 22.3 Å².